The molecular formula is C15H14Br2FNO2. The molecule has 0 aromatic heterocycles. The number of rotatable bonds is 4. The van der Waals surface area contributed by atoms with Crippen LogP contribution in [0, 0.1) is 5.82 Å². The van der Waals surface area contributed by atoms with E-state index >= 15 is 0 Å². The smallest absolute Gasteiger partial charge is 0.141 e. The summed E-state index contributed by atoms with van der Waals surface area (Å²) < 4.78 is 26.0. The molecule has 2 aromatic carbocycles. The Morgan fingerprint density at radius 1 is 1.10 bits per heavy atom. The molecule has 1 atom stereocenters. The predicted molar refractivity (Wildman–Crippen MR) is 87.4 cm³/mol. The van der Waals surface area contributed by atoms with Crippen LogP contribution in [0.25, 0.3) is 0 Å². The first-order valence-corrected chi connectivity index (χ1v) is 7.69. The van der Waals surface area contributed by atoms with Gasteiger partial charge in [0.25, 0.3) is 0 Å². The maximum Gasteiger partial charge on any atom is 0.141 e. The van der Waals surface area contributed by atoms with Crippen LogP contribution in [0.4, 0.5) is 4.39 Å². The van der Waals surface area contributed by atoms with Crippen molar-refractivity contribution in [2.75, 3.05) is 14.2 Å². The molecule has 0 spiro atoms. The summed E-state index contributed by atoms with van der Waals surface area (Å²) in [6, 6.07) is 7.62. The van der Waals surface area contributed by atoms with E-state index in [-0.39, 0.29) is 5.82 Å². The van der Waals surface area contributed by atoms with E-state index in [0.29, 0.717) is 31.6 Å². The Kier molecular flexibility index (Phi) is 5.24. The van der Waals surface area contributed by atoms with Crippen LogP contribution in [0.3, 0.4) is 0 Å². The zero-order valence-corrected chi connectivity index (χ0v) is 14.7. The van der Waals surface area contributed by atoms with Crippen LogP contribution in [-0.4, -0.2) is 14.2 Å². The van der Waals surface area contributed by atoms with Crippen LogP contribution in [0.15, 0.2) is 39.3 Å². The lowest BCUT2D eigenvalue weighted by Crippen LogP contribution is -2.15. The Labute approximate surface area is 139 Å². The van der Waals surface area contributed by atoms with Gasteiger partial charge in [-0.2, -0.15) is 0 Å². The van der Waals surface area contributed by atoms with E-state index in [2.05, 4.69) is 31.9 Å². The number of hydrogen-bond donors (Lipinski definition) is 1. The normalized spacial score (nSPS) is 12.1. The molecule has 0 aliphatic rings. The SMILES string of the molecule is COc1ccc(C(N)c2c(F)cccc2Br)c(OC)c1Br. The predicted octanol–water partition coefficient (Wildman–Crippen LogP) is 4.42. The second-order valence-corrected chi connectivity index (χ2v) is 5.96. The minimum Gasteiger partial charge on any atom is -0.495 e. The minimum absolute atomic E-state index is 0.370. The summed E-state index contributed by atoms with van der Waals surface area (Å²) >= 11 is 6.76. The summed E-state index contributed by atoms with van der Waals surface area (Å²) in [5.74, 6) is 0.776. The van der Waals surface area contributed by atoms with E-state index in [0.717, 1.165) is 0 Å². The molecule has 0 radical (unpaired) electrons. The van der Waals surface area contributed by atoms with Crippen molar-refractivity contribution >= 4 is 31.9 Å². The van der Waals surface area contributed by atoms with Crippen molar-refractivity contribution in [1.29, 1.82) is 0 Å². The minimum atomic E-state index is -0.669. The lowest BCUT2D eigenvalue weighted by Gasteiger charge is -2.20. The average Bonchev–Trinajstić information content (AvgIpc) is 2.46. The third-order valence-corrected chi connectivity index (χ3v) is 4.60. The standard InChI is InChI=1S/C15H14Br2FNO2/c1-20-11-7-6-8(15(21-2)13(11)17)14(19)12-9(16)4-3-5-10(12)18/h3-7,14H,19H2,1-2H3. The molecule has 3 nitrogen and oxygen atoms in total. The van der Waals surface area contributed by atoms with Crippen LogP contribution in [0.1, 0.15) is 17.2 Å². The van der Waals surface area contributed by atoms with Crippen LogP contribution in [0.2, 0.25) is 0 Å². The van der Waals surface area contributed by atoms with Crippen molar-refractivity contribution in [2.45, 2.75) is 6.04 Å². The first-order chi connectivity index (χ1) is 10.0. The van der Waals surface area contributed by atoms with Crippen molar-refractivity contribution in [3.8, 4) is 11.5 Å². The van der Waals surface area contributed by atoms with Gasteiger partial charge in [-0.05, 0) is 40.2 Å². The zero-order valence-electron chi connectivity index (χ0n) is 11.5. The van der Waals surface area contributed by atoms with Gasteiger partial charge in [-0.3, -0.25) is 0 Å². The Balaban J connectivity index is 2.59. The molecule has 0 bridgehead atoms. The molecule has 0 saturated heterocycles. The Hall–Kier alpha value is -1.11. The fourth-order valence-electron chi connectivity index (χ4n) is 2.13. The molecule has 6 heteroatoms. The molecule has 0 fully saturated rings. The van der Waals surface area contributed by atoms with Gasteiger partial charge in [0.1, 0.15) is 21.8 Å². The van der Waals surface area contributed by atoms with Crippen LogP contribution < -0.4 is 15.2 Å². The van der Waals surface area contributed by atoms with Crippen molar-refractivity contribution in [1.82, 2.24) is 0 Å². The van der Waals surface area contributed by atoms with E-state index in [9.17, 15) is 4.39 Å². The van der Waals surface area contributed by atoms with E-state index in [4.69, 9.17) is 15.2 Å². The summed E-state index contributed by atoms with van der Waals surface area (Å²) in [7, 11) is 3.10. The number of hydrogen-bond acceptors (Lipinski definition) is 3. The van der Waals surface area contributed by atoms with E-state index in [1.54, 1.807) is 31.4 Å². The molecule has 0 saturated carbocycles. The average molecular weight is 419 g/mol. The molecule has 2 rings (SSSR count). The highest BCUT2D eigenvalue weighted by molar-refractivity contribution is 9.11. The maximum absolute atomic E-state index is 14.1. The number of methoxy groups -OCH3 is 2. The Morgan fingerprint density at radius 2 is 1.81 bits per heavy atom. The van der Waals surface area contributed by atoms with Gasteiger partial charge in [0.2, 0.25) is 0 Å². The van der Waals surface area contributed by atoms with Crippen LogP contribution in [0.5, 0.6) is 11.5 Å². The Morgan fingerprint density at radius 3 is 2.38 bits per heavy atom. The molecular weight excluding hydrogens is 405 g/mol. The Bertz CT molecular complexity index is 644. The molecule has 2 N–H and O–H groups in total. The number of ether oxygens (including phenoxy) is 2. The molecule has 0 amide bonds. The molecule has 2 aromatic rings. The highest BCUT2D eigenvalue weighted by atomic mass is 79.9. The monoisotopic (exact) mass is 417 g/mol. The summed E-state index contributed by atoms with van der Waals surface area (Å²) in [6.07, 6.45) is 0. The third-order valence-electron chi connectivity index (χ3n) is 3.16. The van der Waals surface area contributed by atoms with Gasteiger partial charge in [-0.25, -0.2) is 4.39 Å². The van der Waals surface area contributed by atoms with E-state index in [1.807, 2.05) is 0 Å². The van der Waals surface area contributed by atoms with Gasteiger partial charge in [-0.15, -0.1) is 0 Å². The highest BCUT2D eigenvalue weighted by Crippen LogP contribution is 2.41. The van der Waals surface area contributed by atoms with Gasteiger partial charge < -0.3 is 15.2 Å². The van der Waals surface area contributed by atoms with Gasteiger partial charge >= 0.3 is 0 Å². The summed E-state index contributed by atoms with van der Waals surface area (Å²) in [5, 5.41) is 0. The van der Waals surface area contributed by atoms with E-state index < -0.39 is 6.04 Å². The number of halogens is 3. The second-order valence-electron chi connectivity index (χ2n) is 4.32. The van der Waals surface area contributed by atoms with Crippen molar-refractivity contribution in [3.63, 3.8) is 0 Å². The fraction of sp³-hybridized carbons (Fsp3) is 0.200. The molecule has 0 heterocycles. The van der Waals surface area contributed by atoms with Crippen molar-refractivity contribution in [3.05, 3.63) is 56.2 Å². The topological polar surface area (TPSA) is 44.5 Å². The summed E-state index contributed by atoms with van der Waals surface area (Å²) in [6.45, 7) is 0. The van der Waals surface area contributed by atoms with Gasteiger partial charge in [0.05, 0.1) is 20.3 Å². The molecule has 1 unspecified atom stereocenters. The largest absolute Gasteiger partial charge is 0.495 e. The van der Waals surface area contributed by atoms with Crippen LogP contribution in [-0.2, 0) is 0 Å². The van der Waals surface area contributed by atoms with Gasteiger partial charge in [0.15, 0.2) is 0 Å². The summed E-state index contributed by atoms with van der Waals surface area (Å²) in [4.78, 5) is 0. The van der Waals surface area contributed by atoms with Crippen molar-refractivity contribution in [2.24, 2.45) is 5.73 Å². The molecule has 21 heavy (non-hydrogen) atoms. The number of nitrogens with two attached hydrogens (primary N) is 1. The molecule has 0 aliphatic carbocycles. The lowest BCUT2D eigenvalue weighted by atomic mass is 9.98. The quantitative estimate of drug-likeness (QED) is 0.799. The highest BCUT2D eigenvalue weighted by Gasteiger charge is 2.23. The lowest BCUT2D eigenvalue weighted by molar-refractivity contribution is 0.384. The maximum atomic E-state index is 14.1. The van der Waals surface area contributed by atoms with Gasteiger partial charge in [0, 0.05) is 15.6 Å². The number of benzene rings is 2. The first kappa shape index (κ1) is 16.3. The zero-order chi connectivity index (χ0) is 15.6. The van der Waals surface area contributed by atoms with Gasteiger partial charge in [-0.1, -0.05) is 22.0 Å². The molecule has 112 valence electrons. The third kappa shape index (κ3) is 3.07. The van der Waals surface area contributed by atoms with E-state index in [1.165, 1.54) is 13.2 Å². The fourth-order valence-corrected chi connectivity index (χ4v) is 3.40. The van der Waals surface area contributed by atoms with Crippen molar-refractivity contribution < 1.29 is 13.9 Å². The second kappa shape index (κ2) is 6.77. The van der Waals surface area contributed by atoms with Crippen LogP contribution >= 0.6 is 31.9 Å². The molecule has 0 aliphatic heterocycles. The first-order valence-electron chi connectivity index (χ1n) is 6.11. The summed E-state index contributed by atoms with van der Waals surface area (Å²) in [5.41, 5.74) is 7.29.